The molecule has 4 aliphatic rings. The van der Waals surface area contributed by atoms with Gasteiger partial charge in [0.25, 0.3) is 0 Å². The second-order valence-corrected chi connectivity index (χ2v) is 17.8. The fraction of sp³-hybridized carbons (Fsp3) is 0.282. The molecule has 0 bridgehead atoms. The molecule has 2 aliphatic heterocycles. The van der Waals surface area contributed by atoms with Crippen molar-refractivity contribution in [2.45, 2.75) is 63.7 Å². The maximum Gasteiger partial charge on any atom is 0.380 e. The van der Waals surface area contributed by atoms with Crippen LogP contribution in [0.3, 0.4) is 0 Å². The van der Waals surface area contributed by atoms with Gasteiger partial charge < -0.3 is 9.47 Å². The lowest BCUT2D eigenvalue weighted by atomic mass is 9.65. The lowest BCUT2D eigenvalue weighted by molar-refractivity contribution is -0.257. The van der Waals surface area contributed by atoms with Gasteiger partial charge in [-0.3, -0.25) is 0 Å². The Morgan fingerprint density at radius 2 is 0.811 bits per heavy atom. The molecule has 1 saturated carbocycles. The van der Waals surface area contributed by atoms with E-state index in [2.05, 4.69) is 0 Å². The summed E-state index contributed by atoms with van der Waals surface area (Å²) in [5.74, 6) is -16.3. The summed E-state index contributed by atoms with van der Waals surface area (Å²) in [6.45, 7) is 2.50. The van der Waals surface area contributed by atoms with Crippen molar-refractivity contribution in [3.05, 3.63) is 107 Å². The highest BCUT2D eigenvalue weighted by Gasteiger charge is 2.88. The van der Waals surface area contributed by atoms with E-state index in [9.17, 15) is 0 Å². The van der Waals surface area contributed by atoms with Crippen LogP contribution in [-0.4, -0.2) is 58.3 Å². The molecule has 2 atom stereocenters. The number of sulfone groups is 2. The molecule has 2 aliphatic carbocycles. The molecule has 53 heavy (non-hydrogen) atoms. The van der Waals surface area contributed by atoms with Crippen molar-refractivity contribution in [3.8, 4) is 33.8 Å². The van der Waals surface area contributed by atoms with E-state index in [1.165, 1.54) is 40.2 Å². The lowest BCUT2D eigenvalue weighted by Gasteiger charge is -2.49. The molecule has 0 saturated heterocycles. The Balaban J connectivity index is 1.52. The van der Waals surface area contributed by atoms with Crippen molar-refractivity contribution in [1.82, 2.24) is 0 Å². The van der Waals surface area contributed by atoms with E-state index in [0.29, 0.717) is 22.6 Å². The largest absolute Gasteiger partial charge is 0.497 e. The van der Waals surface area contributed by atoms with Gasteiger partial charge >= 0.3 is 17.8 Å². The summed E-state index contributed by atoms with van der Waals surface area (Å²) >= 11 is 0. The first kappa shape index (κ1) is 35.5. The molecular formula is C39H30F6O6S2. The van der Waals surface area contributed by atoms with E-state index in [1.807, 2.05) is 0 Å². The first-order valence-corrected chi connectivity index (χ1v) is 19.5. The van der Waals surface area contributed by atoms with Crippen LogP contribution < -0.4 is 9.47 Å². The Hall–Kier alpha value is -4.56. The second kappa shape index (κ2) is 10.8. The SMILES string of the molecule is CCC12C(=C3C(=C4c5ccc(-c6ccc(OC)cc6)cc5S(=O)(=O)C41CC)C(F)(F)C(F)(F)C3(F)F)c1ccc(-c3ccc(OC)cc3)cc1S2(=O)=O. The maximum absolute atomic E-state index is 16.4. The number of halogens is 6. The zero-order valence-electron chi connectivity index (χ0n) is 28.5. The molecule has 4 aromatic rings. The lowest BCUT2D eigenvalue weighted by Crippen LogP contribution is -2.62. The smallest absolute Gasteiger partial charge is 0.380 e. The predicted octanol–water partition coefficient (Wildman–Crippen LogP) is 9.05. The summed E-state index contributed by atoms with van der Waals surface area (Å²) in [6.07, 6.45) is -1.45. The van der Waals surface area contributed by atoms with Gasteiger partial charge in [0.05, 0.1) is 24.0 Å². The third-order valence-corrected chi connectivity index (χ3v) is 16.9. The van der Waals surface area contributed by atoms with Crippen molar-refractivity contribution in [2.24, 2.45) is 0 Å². The molecule has 0 aromatic heterocycles. The Labute approximate surface area is 301 Å². The monoisotopic (exact) mass is 772 g/mol. The average Bonchev–Trinajstić information content (AvgIpc) is 3.52. The molecule has 0 amide bonds. The molecule has 0 N–H and O–H groups in total. The number of hydrogen-bond donors (Lipinski definition) is 0. The van der Waals surface area contributed by atoms with Crippen LogP contribution in [-0.2, 0) is 19.7 Å². The normalized spacial score (nSPS) is 26.0. The highest BCUT2D eigenvalue weighted by atomic mass is 32.2. The first-order chi connectivity index (χ1) is 24.9. The maximum atomic E-state index is 16.4. The van der Waals surface area contributed by atoms with Crippen molar-refractivity contribution in [1.29, 1.82) is 0 Å². The van der Waals surface area contributed by atoms with Crippen LogP contribution >= 0.6 is 0 Å². The summed E-state index contributed by atoms with van der Waals surface area (Å²) in [7, 11) is -7.40. The Kier molecular flexibility index (Phi) is 7.21. The zero-order chi connectivity index (χ0) is 38.3. The Morgan fingerprint density at radius 3 is 1.11 bits per heavy atom. The van der Waals surface area contributed by atoms with Gasteiger partial charge in [0, 0.05) is 11.1 Å². The molecule has 0 radical (unpaired) electrons. The van der Waals surface area contributed by atoms with Crippen molar-refractivity contribution >= 4 is 30.8 Å². The molecule has 6 nitrogen and oxygen atoms in total. The summed E-state index contributed by atoms with van der Waals surface area (Å²) in [6, 6.07) is 20.0. The number of rotatable bonds is 6. The van der Waals surface area contributed by atoms with Crippen LogP contribution in [0.2, 0.25) is 0 Å². The second-order valence-electron chi connectivity index (χ2n) is 13.5. The molecule has 2 heterocycles. The average molecular weight is 773 g/mol. The van der Waals surface area contributed by atoms with E-state index in [1.54, 1.807) is 48.5 Å². The first-order valence-electron chi connectivity index (χ1n) is 16.6. The van der Waals surface area contributed by atoms with Crippen LogP contribution in [0.4, 0.5) is 26.3 Å². The van der Waals surface area contributed by atoms with Crippen molar-refractivity contribution in [3.63, 3.8) is 0 Å². The molecule has 0 spiro atoms. The molecule has 4 aromatic carbocycles. The number of methoxy groups -OCH3 is 2. The zero-order valence-corrected chi connectivity index (χ0v) is 30.2. The third-order valence-electron chi connectivity index (χ3n) is 11.5. The molecule has 276 valence electrons. The fourth-order valence-corrected chi connectivity index (χ4v) is 15.1. The highest BCUT2D eigenvalue weighted by molar-refractivity contribution is 7.98. The van der Waals surface area contributed by atoms with Crippen LogP contribution in [0.5, 0.6) is 11.5 Å². The van der Waals surface area contributed by atoms with E-state index in [0.717, 1.165) is 24.3 Å². The van der Waals surface area contributed by atoms with Gasteiger partial charge in [-0.1, -0.05) is 62.4 Å². The number of ether oxygens (including phenoxy) is 2. The van der Waals surface area contributed by atoms with Gasteiger partial charge in [-0.2, -0.15) is 26.3 Å². The number of hydrogen-bond acceptors (Lipinski definition) is 6. The van der Waals surface area contributed by atoms with Crippen LogP contribution in [0.25, 0.3) is 33.4 Å². The molecule has 8 rings (SSSR count). The van der Waals surface area contributed by atoms with Crippen LogP contribution in [0.1, 0.15) is 37.8 Å². The molecular weight excluding hydrogens is 743 g/mol. The minimum atomic E-state index is -6.04. The van der Waals surface area contributed by atoms with Crippen molar-refractivity contribution in [2.75, 3.05) is 14.2 Å². The van der Waals surface area contributed by atoms with E-state index < -0.39 is 103 Å². The standard InChI is InChI=1S/C39H30F6O6S2/c1-5-35-31(27-17-11-23(19-29(27)52(35,46)47)21-7-13-25(50-3)14-8-21)33-34(38(42,43)39(44,45)37(33,40)41)32-28-18-12-24(22-9-15-26(51-4)16-10-22)20-30(28)53(48,49)36(32,35)6-2/h7-20H,5-6H2,1-4H3. The third kappa shape index (κ3) is 3.81. The topological polar surface area (TPSA) is 86.7 Å². The minimum Gasteiger partial charge on any atom is -0.497 e. The number of benzene rings is 4. The van der Waals surface area contributed by atoms with Gasteiger partial charge in [0.15, 0.2) is 19.7 Å². The minimum absolute atomic E-state index is 0.264. The summed E-state index contributed by atoms with van der Waals surface area (Å²) < 4.78 is 163. The Bertz CT molecular complexity index is 2380. The van der Waals surface area contributed by atoms with Crippen molar-refractivity contribution < 1.29 is 52.7 Å². The van der Waals surface area contributed by atoms with Gasteiger partial charge in [-0.25, -0.2) is 16.8 Å². The molecule has 14 heteroatoms. The summed E-state index contributed by atoms with van der Waals surface area (Å²) in [5.41, 5.74) is -5.38. The number of fused-ring (bicyclic) bond motifs is 8. The van der Waals surface area contributed by atoms with Crippen LogP contribution in [0, 0.1) is 0 Å². The van der Waals surface area contributed by atoms with Gasteiger partial charge in [-0.15, -0.1) is 0 Å². The quantitative estimate of drug-likeness (QED) is 0.182. The van der Waals surface area contributed by atoms with Gasteiger partial charge in [-0.05, 0) is 93.8 Å². The number of alkyl halides is 6. The van der Waals surface area contributed by atoms with E-state index in [-0.39, 0.29) is 11.1 Å². The molecule has 1 fully saturated rings. The van der Waals surface area contributed by atoms with Gasteiger partial charge in [0.2, 0.25) is 0 Å². The molecule has 2 unspecified atom stereocenters. The summed E-state index contributed by atoms with van der Waals surface area (Å²) in [4.78, 5) is -1.24. The summed E-state index contributed by atoms with van der Waals surface area (Å²) in [5, 5.41) is 0. The predicted molar refractivity (Wildman–Crippen MR) is 186 cm³/mol. The number of allylic oxidation sites excluding steroid dienone is 2. The van der Waals surface area contributed by atoms with E-state index >= 15 is 43.2 Å². The Morgan fingerprint density at radius 1 is 0.491 bits per heavy atom. The highest BCUT2D eigenvalue weighted by Crippen LogP contribution is 2.76. The van der Waals surface area contributed by atoms with Crippen LogP contribution in [0.15, 0.2) is 106 Å². The fourth-order valence-electron chi connectivity index (χ4n) is 9.11. The van der Waals surface area contributed by atoms with Gasteiger partial charge in [0.1, 0.15) is 21.0 Å². The van der Waals surface area contributed by atoms with E-state index in [4.69, 9.17) is 9.47 Å².